The molecule has 1 fully saturated rings. The van der Waals surface area contributed by atoms with Crippen molar-refractivity contribution >= 4 is 11.5 Å². The van der Waals surface area contributed by atoms with E-state index < -0.39 is 0 Å². The molecular weight excluding hydrogens is 454 g/mol. The minimum Gasteiger partial charge on any atom is -0.507 e. The molecule has 0 bridgehead atoms. The van der Waals surface area contributed by atoms with Crippen LogP contribution in [0.15, 0.2) is 55.2 Å². The third-order valence-corrected chi connectivity index (χ3v) is 5.63. The second-order valence-electron chi connectivity index (χ2n) is 8.33. The molecule has 36 heavy (non-hydrogen) atoms. The van der Waals surface area contributed by atoms with Gasteiger partial charge in [-0.2, -0.15) is 5.10 Å². The van der Waals surface area contributed by atoms with Crippen LogP contribution in [0.25, 0.3) is 11.3 Å². The Hall–Kier alpha value is -4.52. The van der Waals surface area contributed by atoms with Crippen LogP contribution in [-0.4, -0.2) is 53.1 Å². The maximum absolute atomic E-state index is 9.97. The summed E-state index contributed by atoms with van der Waals surface area (Å²) in [4.78, 5) is 14.3. The topological polar surface area (TPSA) is 132 Å². The number of hydrogen-bond acceptors (Lipinski definition) is 9. The third-order valence-electron chi connectivity index (χ3n) is 5.63. The van der Waals surface area contributed by atoms with E-state index in [0.717, 1.165) is 24.5 Å². The Labute approximate surface area is 210 Å². The van der Waals surface area contributed by atoms with E-state index in [4.69, 9.17) is 5.73 Å². The summed E-state index contributed by atoms with van der Waals surface area (Å²) in [5, 5.41) is 22.1. The summed E-state index contributed by atoms with van der Waals surface area (Å²) < 4.78 is 1.64. The highest BCUT2D eigenvalue weighted by Gasteiger charge is 2.16. The number of benzene rings is 1. The van der Waals surface area contributed by atoms with Crippen molar-refractivity contribution in [2.75, 3.05) is 23.7 Å². The number of anilines is 2. The number of nitrogens with two attached hydrogens (primary N) is 1. The number of phenolic OH excluding ortho intramolecular Hbond substituents is 1. The Morgan fingerprint density at radius 2 is 1.86 bits per heavy atom. The lowest BCUT2D eigenvalue weighted by Crippen LogP contribution is -2.25. The average molecular weight is 484 g/mol. The molecule has 0 spiro atoms. The number of hydrogen-bond donors (Lipinski definition) is 2. The molecule has 1 aliphatic rings. The molecule has 1 aliphatic heterocycles. The Balaban J connectivity index is 0.000000179. The third kappa shape index (κ3) is 6.76. The van der Waals surface area contributed by atoms with E-state index in [-0.39, 0.29) is 5.75 Å². The van der Waals surface area contributed by atoms with Crippen molar-refractivity contribution in [1.82, 2.24) is 34.9 Å². The Bertz CT molecular complexity index is 1320. The van der Waals surface area contributed by atoms with Gasteiger partial charge in [0.1, 0.15) is 24.9 Å². The van der Waals surface area contributed by atoms with E-state index in [1.54, 1.807) is 29.3 Å². The van der Waals surface area contributed by atoms with Crippen molar-refractivity contribution in [3.63, 3.8) is 0 Å². The molecule has 0 aliphatic carbocycles. The van der Waals surface area contributed by atoms with Gasteiger partial charge in [-0.1, -0.05) is 30.9 Å². The summed E-state index contributed by atoms with van der Waals surface area (Å²) in [6.07, 6.45) is 9.67. The molecule has 10 heteroatoms. The molecule has 0 saturated carbocycles. The molecule has 0 atom stereocenters. The number of para-hydroxylation sites is 1. The predicted molar refractivity (Wildman–Crippen MR) is 138 cm³/mol. The van der Waals surface area contributed by atoms with Crippen molar-refractivity contribution in [2.45, 2.75) is 39.2 Å². The lowest BCUT2D eigenvalue weighted by molar-refractivity contribution is 0.477. The van der Waals surface area contributed by atoms with Crippen LogP contribution in [-0.2, 0) is 6.54 Å². The number of phenols is 1. The van der Waals surface area contributed by atoms with Crippen LogP contribution in [0.3, 0.4) is 0 Å². The fourth-order valence-corrected chi connectivity index (χ4v) is 3.80. The normalized spacial score (nSPS) is 13.1. The molecular formula is C26H29N9O. The summed E-state index contributed by atoms with van der Waals surface area (Å²) >= 11 is 0. The van der Waals surface area contributed by atoms with E-state index in [1.165, 1.54) is 32.0 Å². The molecule has 4 aromatic rings. The summed E-state index contributed by atoms with van der Waals surface area (Å²) in [6.45, 7) is 4.40. The number of nitrogens with zero attached hydrogens (tertiary/aromatic N) is 8. The second-order valence-corrected chi connectivity index (χ2v) is 8.33. The van der Waals surface area contributed by atoms with Gasteiger partial charge in [-0.15, -0.1) is 10.2 Å². The largest absolute Gasteiger partial charge is 0.507 e. The van der Waals surface area contributed by atoms with Gasteiger partial charge in [0.2, 0.25) is 5.82 Å². The quantitative estimate of drug-likeness (QED) is 0.421. The lowest BCUT2D eigenvalue weighted by atomic mass is 10.1. The molecule has 184 valence electrons. The fraction of sp³-hybridized carbons (Fsp3) is 0.308. The van der Waals surface area contributed by atoms with Crippen molar-refractivity contribution in [3.8, 4) is 28.8 Å². The van der Waals surface area contributed by atoms with Crippen molar-refractivity contribution in [2.24, 2.45) is 0 Å². The maximum Gasteiger partial charge on any atom is 0.205 e. The number of aryl methyl sites for hydroxylation is 1. The smallest absolute Gasteiger partial charge is 0.205 e. The SMILES string of the molecule is Cc1ccnc(C#CCn2cncn2)n1.Nc1nnc(-c2ccccc2O)cc1N1CCCCCC1. The summed E-state index contributed by atoms with van der Waals surface area (Å²) in [7, 11) is 0. The van der Waals surface area contributed by atoms with Crippen LogP contribution in [0.5, 0.6) is 5.75 Å². The molecule has 0 unspecified atom stereocenters. The fourth-order valence-electron chi connectivity index (χ4n) is 3.80. The molecule has 5 rings (SSSR count). The standard InChI is InChI=1S/C16H20N4O.C10H9N5/c17-16-14(20-9-5-1-2-6-10-20)11-13(18-19-16)12-7-3-4-8-15(12)21;1-9-4-5-12-10(14-9)3-2-6-15-8-11-7-13-15/h3-4,7-8,11,21H,1-2,5-6,9-10H2,(H2,17,19);4-5,7-8H,6H2,1H3. The van der Waals surface area contributed by atoms with E-state index in [0.29, 0.717) is 29.4 Å². The highest BCUT2D eigenvalue weighted by molar-refractivity contribution is 5.73. The van der Waals surface area contributed by atoms with Gasteiger partial charge in [0.25, 0.3) is 0 Å². The van der Waals surface area contributed by atoms with Gasteiger partial charge < -0.3 is 15.7 Å². The Kier molecular flexibility index (Phi) is 8.38. The average Bonchev–Trinajstić information content (AvgIpc) is 3.25. The number of rotatable bonds is 3. The van der Waals surface area contributed by atoms with Gasteiger partial charge in [0, 0.05) is 30.5 Å². The molecule has 0 amide bonds. The summed E-state index contributed by atoms with van der Waals surface area (Å²) in [6, 6.07) is 10.9. The van der Waals surface area contributed by atoms with Gasteiger partial charge in [-0.25, -0.2) is 19.6 Å². The minimum absolute atomic E-state index is 0.207. The molecule has 3 N–H and O–H groups in total. The van der Waals surface area contributed by atoms with E-state index in [1.807, 2.05) is 31.2 Å². The van der Waals surface area contributed by atoms with Crippen LogP contribution in [0.1, 0.15) is 37.2 Å². The Morgan fingerprint density at radius 3 is 2.58 bits per heavy atom. The first kappa shape index (κ1) is 24.6. The minimum atomic E-state index is 0.207. The molecule has 1 aromatic carbocycles. The highest BCUT2D eigenvalue weighted by atomic mass is 16.3. The first-order valence-corrected chi connectivity index (χ1v) is 11.9. The molecule has 1 saturated heterocycles. The van der Waals surface area contributed by atoms with Crippen molar-refractivity contribution in [1.29, 1.82) is 0 Å². The highest BCUT2D eigenvalue weighted by Crippen LogP contribution is 2.32. The zero-order valence-corrected chi connectivity index (χ0v) is 20.2. The number of aromatic nitrogens is 7. The lowest BCUT2D eigenvalue weighted by Gasteiger charge is -2.23. The summed E-state index contributed by atoms with van der Waals surface area (Å²) in [5.41, 5.74) is 9.18. The predicted octanol–water partition coefficient (Wildman–Crippen LogP) is 3.24. The molecule has 10 nitrogen and oxygen atoms in total. The van der Waals surface area contributed by atoms with E-state index in [2.05, 4.69) is 47.0 Å². The van der Waals surface area contributed by atoms with Crippen molar-refractivity contribution in [3.05, 3.63) is 66.8 Å². The second kappa shape index (κ2) is 12.3. The molecule has 3 aromatic heterocycles. The van der Waals surface area contributed by atoms with Crippen LogP contribution in [0.4, 0.5) is 11.5 Å². The summed E-state index contributed by atoms with van der Waals surface area (Å²) in [5.74, 6) is 6.98. The van der Waals surface area contributed by atoms with E-state index >= 15 is 0 Å². The Morgan fingerprint density at radius 1 is 1.06 bits per heavy atom. The van der Waals surface area contributed by atoms with Gasteiger partial charge in [-0.05, 0) is 50.0 Å². The molecule has 4 heterocycles. The zero-order chi connectivity index (χ0) is 25.2. The van der Waals surface area contributed by atoms with Crippen molar-refractivity contribution < 1.29 is 5.11 Å². The molecule has 0 radical (unpaired) electrons. The monoisotopic (exact) mass is 483 g/mol. The van der Waals surface area contributed by atoms with Crippen LogP contribution < -0.4 is 10.6 Å². The van der Waals surface area contributed by atoms with Gasteiger partial charge >= 0.3 is 0 Å². The van der Waals surface area contributed by atoms with E-state index in [9.17, 15) is 5.11 Å². The number of aromatic hydroxyl groups is 1. The van der Waals surface area contributed by atoms with Crippen LogP contribution in [0.2, 0.25) is 0 Å². The van der Waals surface area contributed by atoms with Crippen LogP contribution in [0, 0.1) is 18.8 Å². The maximum atomic E-state index is 9.97. The van der Waals surface area contributed by atoms with Gasteiger partial charge in [0.05, 0.1) is 11.4 Å². The first-order valence-electron chi connectivity index (χ1n) is 11.9. The zero-order valence-electron chi connectivity index (χ0n) is 20.2. The van der Waals surface area contributed by atoms with Gasteiger partial charge in [-0.3, -0.25) is 0 Å². The van der Waals surface area contributed by atoms with Gasteiger partial charge in [0.15, 0.2) is 5.82 Å². The van der Waals surface area contributed by atoms with Crippen LogP contribution >= 0.6 is 0 Å². The first-order chi connectivity index (χ1) is 17.6. The number of nitrogen functional groups attached to an aromatic ring is 1.